The van der Waals surface area contributed by atoms with Crippen LogP contribution in [-0.2, 0) is 4.79 Å². The van der Waals surface area contributed by atoms with Gasteiger partial charge < -0.3 is 20.3 Å². The van der Waals surface area contributed by atoms with E-state index in [-0.39, 0.29) is 17.5 Å². The average molecular weight is 373 g/mol. The number of halogens is 2. The van der Waals surface area contributed by atoms with Crippen LogP contribution in [0.1, 0.15) is 25.0 Å². The number of rotatable bonds is 3. The average Bonchev–Trinajstić information content (AvgIpc) is 2.79. The first kappa shape index (κ1) is 17.7. The van der Waals surface area contributed by atoms with Crippen LogP contribution in [0.25, 0.3) is 0 Å². The summed E-state index contributed by atoms with van der Waals surface area (Å²) in [6.07, 6.45) is -0.235. The van der Waals surface area contributed by atoms with Gasteiger partial charge in [0.05, 0.1) is 17.4 Å². The third-order valence-electron chi connectivity index (χ3n) is 5.03. The van der Waals surface area contributed by atoms with Crippen molar-refractivity contribution < 1.29 is 18.3 Å². The Hall–Kier alpha value is -2.67. The summed E-state index contributed by atoms with van der Waals surface area (Å²) >= 11 is 0. The number of carbonyl (C=O) groups is 1. The molecule has 2 aliphatic heterocycles. The van der Waals surface area contributed by atoms with E-state index < -0.39 is 17.7 Å². The maximum absolute atomic E-state index is 14.0. The van der Waals surface area contributed by atoms with E-state index in [1.54, 1.807) is 19.1 Å². The van der Waals surface area contributed by atoms with Gasteiger partial charge in [0, 0.05) is 37.7 Å². The number of piperazine rings is 1. The monoisotopic (exact) mass is 373 g/mol. The standard InChI is InChI=1S/C20H21F2N3O2/c1-12(16-8-13(21)2-4-17(16)22)27-15-3-5-18-19(10-15)25-7-6-23-11-14(25)9-20(26)24-18/h2-5,8,10,12,14,23H,6-7,9,11H2,1H3,(H,24,26)/t12-,14+/m1/s1. The van der Waals surface area contributed by atoms with Crippen molar-refractivity contribution >= 4 is 17.3 Å². The van der Waals surface area contributed by atoms with Crippen LogP contribution in [0.3, 0.4) is 0 Å². The molecule has 2 N–H and O–H groups in total. The molecule has 142 valence electrons. The van der Waals surface area contributed by atoms with Gasteiger partial charge in [-0.3, -0.25) is 4.79 Å². The molecule has 7 heteroatoms. The quantitative estimate of drug-likeness (QED) is 0.868. The van der Waals surface area contributed by atoms with Gasteiger partial charge in [-0.1, -0.05) is 0 Å². The van der Waals surface area contributed by atoms with Gasteiger partial charge in [-0.05, 0) is 37.3 Å². The second-order valence-corrected chi connectivity index (χ2v) is 6.91. The minimum absolute atomic E-state index is 0.0173. The summed E-state index contributed by atoms with van der Waals surface area (Å²) < 4.78 is 33.4. The number of ether oxygens (including phenoxy) is 1. The Labute approximate surface area is 156 Å². The summed E-state index contributed by atoms with van der Waals surface area (Å²) in [4.78, 5) is 14.3. The van der Waals surface area contributed by atoms with E-state index in [1.165, 1.54) is 0 Å². The first-order valence-corrected chi connectivity index (χ1v) is 9.04. The zero-order valence-corrected chi connectivity index (χ0v) is 15.0. The number of amides is 1. The summed E-state index contributed by atoms with van der Waals surface area (Å²) in [7, 11) is 0. The first-order valence-electron chi connectivity index (χ1n) is 9.04. The van der Waals surface area contributed by atoms with Crippen molar-refractivity contribution in [2.24, 2.45) is 0 Å². The fraction of sp³-hybridized carbons (Fsp3) is 0.350. The molecule has 1 fully saturated rings. The third-order valence-corrected chi connectivity index (χ3v) is 5.03. The molecule has 0 radical (unpaired) electrons. The Morgan fingerprint density at radius 1 is 1.22 bits per heavy atom. The molecule has 0 aliphatic carbocycles. The topological polar surface area (TPSA) is 53.6 Å². The number of fused-ring (bicyclic) bond motifs is 3. The van der Waals surface area contributed by atoms with E-state index >= 15 is 0 Å². The Bertz CT molecular complexity index is 874. The minimum atomic E-state index is -0.655. The molecule has 0 unspecified atom stereocenters. The largest absolute Gasteiger partial charge is 0.486 e. The summed E-state index contributed by atoms with van der Waals surface area (Å²) in [5.41, 5.74) is 1.79. The molecule has 4 rings (SSSR count). The van der Waals surface area contributed by atoms with Crippen molar-refractivity contribution in [2.45, 2.75) is 25.5 Å². The molecule has 5 nitrogen and oxygen atoms in total. The van der Waals surface area contributed by atoms with Crippen molar-refractivity contribution in [2.75, 3.05) is 29.9 Å². The highest BCUT2D eigenvalue weighted by Crippen LogP contribution is 2.36. The van der Waals surface area contributed by atoms with Crippen molar-refractivity contribution in [3.63, 3.8) is 0 Å². The van der Waals surface area contributed by atoms with Crippen molar-refractivity contribution in [1.29, 1.82) is 0 Å². The molecule has 2 aliphatic rings. The number of benzene rings is 2. The summed E-state index contributed by atoms with van der Waals surface area (Å²) in [5, 5.41) is 6.25. The van der Waals surface area contributed by atoms with Crippen LogP contribution < -0.4 is 20.3 Å². The molecular formula is C20H21F2N3O2. The van der Waals surface area contributed by atoms with Crippen LogP contribution in [0, 0.1) is 11.6 Å². The van der Waals surface area contributed by atoms with Gasteiger partial charge in [0.1, 0.15) is 23.5 Å². The SMILES string of the molecule is C[C@@H](Oc1ccc2c(c1)N1CCNC[C@@H]1CC(=O)N2)c1cc(F)ccc1F. The molecule has 0 bridgehead atoms. The van der Waals surface area contributed by atoms with Gasteiger partial charge in [-0.2, -0.15) is 0 Å². The molecule has 1 amide bonds. The lowest BCUT2D eigenvalue weighted by Gasteiger charge is -2.36. The number of anilines is 2. The third kappa shape index (κ3) is 3.60. The number of hydrogen-bond acceptors (Lipinski definition) is 4. The van der Waals surface area contributed by atoms with Crippen molar-refractivity contribution in [3.05, 3.63) is 53.6 Å². The van der Waals surface area contributed by atoms with E-state index in [4.69, 9.17) is 4.74 Å². The zero-order chi connectivity index (χ0) is 19.0. The molecule has 1 saturated heterocycles. The lowest BCUT2D eigenvalue weighted by Crippen LogP contribution is -2.51. The number of carbonyl (C=O) groups excluding carboxylic acids is 1. The zero-order valence-electron chi connectivity index (χ0n) is 15.0. The second kappa shape index (κ2) is 7.15. The fourth-order valence-corrected chi connectivity index (χ4v) is 3.70. The van der Waals surface area contributed by atoms with Gasteiger partial charge in [-0.25, -0.2) is 8.78 Å². The predicted octanol–water partition coefficient (Wildman–Crippen LogP) is 3.23. The number of hydrogen-bond donors (Lipinski definition) is 2. The van der Waals surface area contributed by atoms with Crippen LogP contribution >= 0.6 is 0 Å². The Balaban J connectivity index is 1.63. The summed E-state index contributed by atoms with van der Waals surface area (Å²) in [6, 6.07) is 8.79. The lowest BCUT2D eigenvalue weighted by molar-refractivity contribution is -0.116. The normalized spacial score (nSPS) is 20.2. The summed E-state index contributed by atoms with van der Waals surface area (Å²) in [5.74, 6) is -0.488. The Morgan fingerprint density at radius 2 is 2.07 bits per heavy atom. The molecule has 2 heterocycles. The van der Waals surface area contributed by atoms with Crippen LogP contribution in [0.5, 0.6) is 5.75 Å². The highest BCUT2D eigenvalue weighted by atomic mass is 19.1. The first-order chi connectivity index (χ1) is 13.0. The van der Waals surface area contributed by atoms with E-state index in [0.29, 0.717) is 12.2 Å². The molecule has 0 spiro atoms. The molecule has 2 atom stereocenters. The predicted molar refractivity (Wildman–Crippen MR) is 99.1 cm³/mol. The lowest BCUT2D eigenvalue weighted by atomic mass is 10.1. The smallest absolute Gasteiger partial charge is 0.226 e. The van der Waals surface area contributed by atoms with Gasteiger partial charge in [0.2, 0.25) is 5.91 Å². The van der Waals surface area contributed by atoms with Gasteiger partial charge in [-0.15, -0.1) is 0 Å². The van der Waals surface area contributed by atoms with Crippen molar-refractivity contribution in [3.8, 4) is 5.75 Å². The highest BCUT2D eigenvalue weighted by molar-refractivity contribution is 5.97. The molecule has 0 saturated carbocycles. The summed E-state index contributed by atoms with van der Waals surface area (Å²) in [6.45, 7) is 4.03. The molecule has 2 aromatic carbocycles. The van der Waals surface area contributed by atoms with Crippen molar-refractivity contribution in [1.82, 2.24) is 5.32 Å². The van der Waals surface area contributed by atoms with E-state index in [2.05, 4.69) is 15.5 Å². The second-order valence-electron chi connectivity index (χ2n) is 6.91. The highest BCUT2D eigenvalue weighted by Gasteiger charge is 2.30. The maximum Gasteiger partial charge on any atom is 0.226 e. The Kier molecular flexibility index (Phi) is 4.70. The van der Waals surface area contributed by atoms with Crippen LogP contribution in [0.4, 0.5) is 20.2 Å². The van der Waals surface area contributed by atoms with Crippen LogP contribution in [-0.4, -0.2) is 31.6 Å². The van der Waals surface area contributed by atoms with E-state index in [1.807, 2.05) is 6.07 Å². The fourth-order valence-electron chi connectivity index (χ4n) is 3.70. The van der Waals surface area contributed by atoms with Gasteiger partial charge in [0.25, 0.3) is 0 Å². The van der Waals surface area contributed by atoms with Gasteiger partial charge in [0.15, 0.2) is 0 Å². The molecule has 2 aromatic rings. The number of nitrogens with zero attached hydrogens (tertiary/aromatic N) is 1. The maximum atomic E-state index is 14.0. The minimum Gasteiger partial charge on any atom is -0.486 e. The van der Waals surface area contributed by atoms with Crippen LogP contribution in [0.2, 0.25) is 0 Å². The molecule has 0 aromatic heterocycles. The Morgan fingerprint density at radius 3 is 2.93 bits per heavy atom. The van der Waals surface area contributed by atoms with Gasteiger partial charge >= 0.3 is 0 Å². The van der Waals surface area contributed by atoms with E-state index in [9.17, 15) is 13.6 Å². The molecular weight excluding hydrogens is 352 g/mol. The number of nitrogens with one attached hydrogen (secondary N) is 2. The van der Waals surface area contributed by atoms with Crippen LogP contribution in [0.15, 0.2) is 36.4 Å². The molecule has 27 heavy (non-hydrogen) atoms. The van der Waals surface area contributed by atoms with E-state index in [0.717, 1.165) is 49.2 Å².